The van der Waals surface area contributed by atoms with E-state index in [1.165, 1.54) is 7.11 Å². The van der Waals surface area contributed by atoms with Crippen LogP contribution in [0.4, 0.5) is 0 Å². The molecule has 1 aromatic rings. The standard InChI is InChI=1S/C16H21ClN2O3/c1-22-16(21)11-5-6-14(17)12(8-11)10-19-7-3-2-4-13(19)9-15(18)20/h5-6,8,13H,2-4,7,9-10H2,1H3,(H2,18,20)/t13-/m1/s1. The van der Waals surface area contributed by atoms with Crippen LogP contribution in [0.3, 0.4) is 0 Å². The number of methoxy groups -OCH3 is 1. The first kappa shape index (κ1) is 16.8. The number of nitrogens with zero attached hydrogens (tertiary/aromatic N) is 1. The first-order valence-corrected chi connectivity index (χ1v) is 7.78. The van der Waals surface area contributed by atoms with E-state index in [2.05, 4.69) is 4.90 Å². The summed E-state index contributed by atoms with van der Waals surface area (Å²) >= 11 is 6.25. The third-order valence-corrected chi connectivity index (χ3v) is 4.39. The number of primary amides is 1. The molecule has 22 heavy (non-hydrogen) atoms. The molecule has 1 fully saturated rings. The maximum atomic E-state index is 11.6. The van der Waals surface area contributed by atoms with Gasteiger partial charge in [-0.2, -0.15) is 0 Å². The molecule has 2 N–H and O–H groups in total. The third kappa shape index (κ3) is 4.21. The van der Waals surface area contributed by atoms with Crippen molar-refractivity contribution in [2.45, 2.75) is 38.3 Å². The molecule has 6 heteroatoms. The lowest BCUT2D eigenvalue weighted by Gasteiger charge is -2.35. The van der Waals surface area contributed by atoms with Crippen LogP contribution in [0, 0.1) is 0 Å². The molecule has 1 aromatic carbocycles. The Labute approximate surface area is 135 Å². The van der Waals surface area contributed by atoms with Gasteiger partial charge in [-0.05, 0) is 43.1 Å². The Morgan fingerprint density at radius 1 is 1.41 bits per heavy atom. The fourth-order valence-electron chi connectivity index (χ4n) is 2.89. The topological polar surface area (TPSA) is 72.6 Å². The second kappa shape index (κ2) is 7.61. The Morgan fingerprint density at radius 3 is 2.86 bits per heavy atom. The van der Waals surface area contributed by atoms with Crippen LogP contribution in [0.1, 0.15) is 41.6 Å². The van der Waals surface area contributed by atoms with Gasteiger partial charge in [-0.15, -0.1) is 0 Å². The zero-order valence-corrected chi connectivity index (χ0v) is 13.4. The van der Waals surface area contributed by atoms with Crippen molar-refractivity contribution in [1.29, 1.82) is 0 Å². The molecule has 1 atom stereocenters. The van der Waals surface area contributed by atoms with E-state index in [4.69, 9.17) is 22.1 Å². The first-order chi connectivity index (χ1) is 10.5. The monoisotopic (exact) mass is 324 g/mol. The Kier molecular flexibility index (Phi) is 5.80. The summed E-state index contributed by atoms with van der Waals surface area (Å²) < 4.78 is 4.74. The van der Waals surface area contributed by atoms with Crippen LogP contribution < -0.4 is 5.73 Å². The van der Waals surface area contributed by atoms with Gasteiger partial charge in [-0.1, -0.05) is 18.0 Å². The van der Waals surface area contributed by atoms with Crippen molar-refractivity contribution in [2.75, 3.05) is 13.7 Å². The highest BCUT2D eigenvalue weighted by Crippen LogP contribution is 2.25. The van der Waals surface area contributed by atoms with Gasteiger partial charge in [0.05, 0.1) is 12.7 Å². The molecule has 1 aliphatic heterocycles. The maximum Gasteiger partial charge on any atom is 0.337 e. The molecule has 0 bridgehead atoms. The number of hydrogen-bond acceptors (Lipinski definition) is 4. The van der Waals surface area contributed by atoms with E-state index in [1.54, 1.807) is 18.2 Å². The number of benzene rings is 1. The molecule has 1 saturated heterocycles. The average Bonchev–Trinajstić information content (AvgIpc) is 2.50. The summed E-state index contributed by atoms with van der Waals surface area (Å²) in [7, 11) is 1.35. The zero-order valence-electron chi connectivity index (χ0n) is 12.7. The van der Waals surface area contributed by atoms with Crippen molar-refractivity contribution in [1.82, 2.24) is 4.90 Å². The summed E-state index contributed by atoms with van der Waals surface area (Å²) in [5.74, 6) is -0.670. The molecular weight excluding hydrogens is 304 g/mol. The van der Waals surface area contributed by atoms with Crippen molar-refractivity contribution < 1.29 is 14.3 Å². The summed E-state index contributed by atoms with van der Waals surface area (Å²) in [5.41, 5.74) is 6.68. The van der Waals surface area contributed by atoms with Crippen molar-refractivity contribution in [3.8, 4) is 0 Å². The second-order valence-electron chi connectivity index (χ2n) is 5.59. The van der Waals surface area contributed by atoms with Gasteiger partial charge in [0, 0.05) is 24.0 Å². The van der Waals surface area contributed by atoms with Gasteiger partial charge in [0.25, 0.3) is 0 Å². The van der Waals surface area contributed by atoms with Crippen molar-refractivity contribution in [2.24, 2.45) is 5.73 Å². The van der Waals surface area contributed by atoms with Gasteiger partial charge in [-0.25, -0.2) is 4.79 Å². The minimum Gasteiger partial charge on any atom is -0.465 e. The highest BCUT2D eigenvalue weighted by Gasteiger charge is 2.24. The van der Waals surface area contributed by atoms with Gasteiger partial charge in [0.1, 0.15) is 0 Å². The summed E-state index contributed by atoms with van der Waals surface area (Å²) in [6, 6.07) is 5.25. The van der Waals surface area contributed by atoms with E-state index in [0.717, 1.165) is 31.4 Å². The number of carbonyl (C=O) groups is 2. The number of piperidine rings is 1. The van der Waals surface area contributed by atoms with Crippen LogP contribution in [0.25, 0.3) is 0 Å². The number of rotatable bonds is 5. The van der Waals surface area contributed by atoms with E-state index < -0.39 is 0 Å². The molecule has 1 amide bonds. The maximum absolute atomic E-state index is 11.6. The number of esters is 1. The SMILES string of the molecule is COC(=O)c1ccc(Cl)c(CN2CCCC[C@@H]2CC(N)=O)c1. The third-order valence-electron chi connectivity index (χ3n) is 4.03. The number of amides is 1. The Balaban J connectivity index is 2.16. The molecular formula is C16H21ClN2O3. The fourth-order valence-corrected chi connectivity index (χ4v) is 3.07. The molecule has 0 aromatic heterocycles. The number of nitrogens with two attached hydrogens (primary N) is 1. The molecule has 0 aliphatic carbocycles. The van der Waals surface area contributed by atoms with E-state index in [1.807, 2.05) is 0 Å². The van der Waals surface area contributed by atoms with E-state index in [9.17, 15) is 9.59 Å². The Hall–Kier alpha value is -1.59. The normalized spacial score (nSPS) is 18.9. The van der Waals surface area contributed by atoms with Crippen LogP contribution in [0.15, 0.2) is 18.2 Å². The van der Waals surface area contributed by atoms with Gasteiger partial charge in [-0.3, -0.25) is 9.69 Å². The lowest BCUT2D eigenvalue weighted by molar-refractivity contribution is -0.119. The number of hydrogen-bond donors (Lipinski definition) is 1. The lowest BCUT2D eigenvalue weighted by atomic mass is 9.98. The molecule has 120 valence electrons. The second-order valence-corrected chi connectivity index (χ2v) is 6.00. The van der Waals surface area contributed by atoms with Crippen LogP contribution in [-0.2, 0) is 16.1 Å². The van der Waals surface area contributed by atoms with Crippen LogP contribution >= 0.6 is 11.6 Å². The number of ether oxygens (including phenoxy) is 1. The smallest absolute Gasteiger partial charge is 0.337 e. The van der Waals surface area contributed by atoms with Gasteiger partial charge in [0.2, 0.25) is 5.91 Å². The van der Waals surface area contributed by atoms with Gasteiger partial charge in [0.15, 0.2) is 0 Å². The number of halogens is 1. The largest absolute Gasteiger partial charge is 0.465 e. The molecule has 0 saturated carbocycles. The van der Waals surface area contributed by atoms with Crippen LogP contribution in [0.2, 0.25) is 5.02 Å². The molecule has 0 radical (unpaired) electrons. The minimum atomic E-state index is -0.384. The quantitative estimate of drug-likeness (QED) is 0.844. The summed E-state index contributed by atoms with van der Waals surface area (Å²) in [5, 5.41) is 0.607. The number of carbonyl (C=O) groups excluding carboxylic acids is 2. The highest BCUT2D eigenvalue weighted by atomic mass is 35.5. The van der Waals surface area contributed by atoms with E-state index >= 15 is 0 Å². The number of likely N-dealkylation sites (tertiary alicyclic amines) is 1. The lowest BCUT2D eigenvalue weighted by Crippen LogP contribution is -2.41. The summed E-state index contributed by atoms with van der Waals surface area (Å²) in [6.45, 7) is 1.50. The zero-order chi connectivity index (χ0) is 16.1. The first-order valence-electron chi connectivity index (χ1n) is 7.40. The van der Waals surface area contributed by atoms with Crippen LogP contribution in [-0.4, -0.2) is 36.5 Å². The van der Waals surface area contributed by atoms with Crippen molar-refractivity contribution in [3.63, 3.8) is 0 Å². The molecule has 0 spiro atoms. The van der Waals surface area contributed by atoms with Crippen molar-refractivity contribution >= 4 is 23.5 Å². The predicted octanol–water partition coefficient (Wildman–Crippen LogP) is 2.36. The average molecular weight is 325 g/mol. The Morgan fingerprint density at radius 2 is 2.18 bits per heavy atom. The molecule has 5 nitrogen and oxygen atoms in total. The molecule has 1 aliphatic rings. The fraction of sp³-hybridized carbons (Fsp3) is 0.500. The van der Waals surface area contributed by atoms with Gasteiger partial charge < -0.3 is 10.5 Å². The Bertz CT molecular complexity index is 562. The summed E-state index contributed by atoms with van der Waals surface area (Å²) in [6.07, 6.45) is 3.50. The van der Waals surface area contributed by atoms with Gasteiger partial charge >= 0.3 is 5.97 Å². The van der Waals surface area contributed by atoms with Crippen molar-refractivity contribution in [3.05, 3.63) is 34.3 Å². The molecule has 1 heterocycles. The van der Waals surface area contributed by atoms with E-state index in [0.29, 0.717) is 23.6 Å². The van der Waals surface area contributed by atoms with Crippen LogP contribution in [0.5, 0.6) is 0 Å². The van der Waals surface area contributed by atoms with E-state index in [-0.39, 0.29) is 17.9 Å². The highest BCUT2D eigenvalue weighted by molar-refractivity contribution is 6.31. The molecule has 2 rings (SSSR count). The minimum absolute atomic E-state index is 0.143. The molecule has 0 unspecified atom stereocenters. The summed E-state index contributed by atoms with van der Waals surface area (Å²) in [4.78, 5) is 25.1. The predicted molar refractivity (Wildman–Crippen MR) is 84.7 cm³/mol.